The van der Waals surface area contributed by atoms with Crippen LogP contribution in [0, 0.1) is 11.6 Å². The molecule has 2 aromatic carbocycles. The summed E-state index contributed by atoms with van der Waals surface area (Å²) in [4.78, 5) is 0. The third-order valence-electron chi connectivity index (χ3n) is 5.05. The Balaban J connectivity index is 1.70. The second kappa shape index (κ2) is 10.2. The number of nitrogens with one attached hydrogen (secondary N) is 2. The molecule has 3 aromatic rings. The Morgan fingerprint density at radius 3 is 2.41 bits per heavy atom. The number of halogens is 5. The van der Waals surface area contributed by atoms with Gasteiger partial charge in [0.15, 0.2) is 5.69 Å². The van der Waals surface area contributed by atoms with Gasteiger partial charge in [-0.3, -0.25) is 0 Å². The standard InChI is InChI=1S/C22H23F5N4O2S/c1-14(15-6-7-16(20(24)8-15)12-29-34(2,32)33)11-28-13-19-10-21(22(25,26)27)30-31(19)18-5-3-4-17(23)9-18/h3-10,14,28-29H,11-13H2,1-2H3. The van der Waals surface area contributed by atoms with Crippen LogP contribution in [-0.2, 0) is 29.3 Å². The minimum atomic E-state index is -4.66. The zero-order valence-corrected chi connectivity index (χ0v) is 19.1. The third kappa shape index (κ3) is 6.84. The molecule has 0 fully saturated rings. The van der Waals surface area contributed by atoms with Crippen molar-refractivity contribution in [1.82, 2.24) is 19.8 Å². The average Bonchev–Trinajstić information content (AvgIpc) is 3.17. The van der Waals surface area contributed by atoms with Crippen molar-refractivity contribution in [3.8, 4) is 5.69 Å². The van der Waals surface area contributed by atoms with E-state index in [1.165, 1.54) is 30.3 Å². The highest BCUT2D eigenvalue weighted by atomic mass is 32.2. The lowest BCUT2D eigenvalue weighted by Crippen LogP contribution is -2.22. The van der Waals surface area contributed by atoms with E-state index < -0.39 is 33.5 Å². The predicted molar refractivity (Wildman–Crippen MR) is 117 cm³/mol. The Morgan fingerprint density at radius 1 is 1.06 bits per heavy atom. The Labute approximate surface area is 193 Å². The van der Waals surface area contributed by atoms with Crippen molar-refractivity contribution in [3.63, 3.8) is 0 Å². The summed E-state index contributed by atoms with van der Waals surface area (Å²) in [7, 11) is -3.46. The van der Waals surface area contributed by atoms with Gasteiger partial charge >= 0.3 is 6.18 Å². The molecule has 0 saturated heterocycles. The maximum absolute atomic E-state index is 14.4. The van der Waals surface area contributed by atoms with E-state index in [0.717, 1.165) is 23.1 Å². The van der Waals surface area contributed by atoms with Crippen molar-refractivity contribution >= 4 is 10.0 Å². The van der Waals surface area contributed by atoms with Crippen LogP contribution in [0.15, 0.2) is 48.5 Å². The minimum Gasteiger partial charge on any atom is -0.311 e. The average molecular weight is 503 g/mol. The molecule has 1 unspecified atom stereocenters. The van der Waals surface area contributed by atoms with Gasteiger partial charge in [0.25, 0.3) is 0 Å². The normalized spacial score (nSPS) is 13.3. The Bertz CT molecular complexity index is 1260. The molecular formula is C22H23F5N4O2S. The van der Waals surface area contributed by atoms with Gasteiger partial charge in [-0.15, -0.1) is 0 Å². The highest BCUT2D eigenvalue weighted by Crippen LogP contribution is 2.29. The van der Waals surface area contributed by atoms with E-state index in [9.17, 15) is 30.4 Å². The zero-order valence-electron chi connectivity index (χ0n) is 18.3. The van der Waals surface area contributed by atoms with Gasteiger partial charge in [0.2, 0.25) is 10.0 Å². The zero-order chi connectivity index (χ0) is 25.1. The topological polar surface area (TPSA) is 76.0 Å². The maximum Gasteiger partial charge on any atom is 0.435 e. The number of rotatable bonds is 9. The van der Waals surface area contributed by atoms with Gasteiger partial charge in [0.05, 0.1) is 17.6 Å². The van der Waals surface area contributed by atoms with E-state index in [0.29, 0.717) is 12.1 Å². The lowest BCUT2D eigenvalue weighted by Gasteiger charge is -2.15. The summed E-state index contributed by atoms with van der Waals surface area (Å²) in [6.07, 6.45) is -3.68. The summed E-state index contributed by atoms with van der Waals surface area (Å²) in [5.41, 5.74) is 0.0527. The summed E-state index contributed by atoms with van der Waals surface area (Å²) in [6.45, 7) is 1.93. The van der Waals surface area contributed by atoms with Gasteiger partial charge in [-0.2, -0.15) is 18.3 Å². The van der Waals surface area contributed by atoms with Gasteiger partial charge in [0, 0.05) is 25.2 Å². The Morgan fingerprint density at radius 2 is 1.79 bits per heavy atom. The SMILES string of the molecule is CC(CNCc1cc(C(F)(F)F)nn1-c1cccc(F)c1)c1ccc(CNS(C)(=O)=O)c(F)c1. The molecule has 6 nitrogen and oxygen atoms in total. The molecule has 0 aliphatic carbocycles. The lowest BCUT2D eigenvalue weighted by molar-refractivity contribution is -0.141. The first-order chi connectivity index (χ1) is 15.8. The summed E-state index contributed by atoms with van der Waals surface area (Å²) >= 11 is 0. The van der Waals surface area contributed by atoms with E-state index >= 15 is 0 Å². The molecule has 0 aliphatic rings. The number of nitrogens with zero attached hydrogens (tertiary/aromatic N) is 2. The highest BCUT2D eigenvalue weighted by molar-refractivity contribution is 7.88. The molecule has 12 heteroatoms. The van der Waals surface area contributed by atoms with Crippen molar-refractivity contribution in [2.24, 2.45) is 0 Å². The molecule has 0 saturated carbocycles. The molecule has 0 bridgehead atoms. The second-order valence-electron chi connectivity index (χ2n) is 7.89. The molecule has 0 amide bonds. The van der Waals surface area contributed by atoms with Crippen LogP contribution in [0.3, 0.4) is 0 Å². The molecular weight excluding hydrogens is 479 g/mol. The maximum atomic E-state index is 14.4. The van der Waals surface area contributed by atoms with Gasteiger partial charge in [-0.05, 0) is 41.8 Å². The van der Waals surface area contributed by atoms with Gasteiger partial charge in [-0.1, -0.05) is 25.1 Å². The number of benzene rings is 2. The Hall–Kier alpha value is -2.83. The van der Waals surface area contributed by atoms with E-state index in [1.54, 1.807) is 13.0 Å². The van der Waals surface area contributed by atoms with Crippen molar-refractivity contribution in [3.05, 3.63) is 82.7 Å². The van der Waals surface area contributed by atoms with E-state index in [2.05, 4.69) is 15.1 Å². The molecule has 2 N–H and O–H groups in total. The number of alkyl halides is 3. The molecule has 184 valence electrons. The fourth-order valence-electron chi connectivity index (χ4n) is 3.27. The first kappa shape index (κ1) is 25.8. The predicted octanol–water partition coefficient (Wildman–Crippen LogP) is 4.11. The lowest BCUT2D eigenvalue weighted by atomic mass is 9.99. The van der Waals surface area contributed by atoms with Crippen molar-refractivity contribution in [1.29, 1.82) is 0 Å². The van der Waals surface area contributed by atoms with Crippen LogP contribution in [0.5, 0.6) is 0 Å². The first-order valence-electron chi connectivity index (χ1n) is 10.2. The fraction of sp³-hybridized carbons (Fsp3) is 0.318. The molecule has 0 aliphatic heterocycles. The largest absolute Gasteiger partial charge is 0.435 e. The quantitative estimate of drug-likeness (QED) is 0.432. The van der Waals surface area contributed by atoms with Crippen molar-refractivity contribution in [2.45, 2.75) is 32.1 Å². The molecule has 0 radical (unpaired) electrons. The molecule has 1 aromatic heterocycles. The van der Waals surface area contributed by atoms with E-state index in [4.69, 9.17) is 0 Å². The van der Waals surface area contributed by atoms with Crippen LogP contribution < -0.4 is 10.0 Å². The van der Waals surface area contributed by atoms with E-state index in [1.807, 2.05) is 0 Å². The summed E-state index contributed by atoms with van der Waals surface area (Å²) < 4.78 is 93.2. The number of hydrogen-bond donors (Lipinski definition) is 2. The number of sulfonamides is 1. The number of aromatic nitrogens is 2. The van der Waals surface area contributed by atoms with Crippen LogP contribution in [0.4, 0.5) is 22.0 Å². The van der Waals surface area contributed by atoms with Gasteiger partial charge < -0.3 is 5.32 Å². The van der Waals surface area contributed by atoms with Crippen molar-refractivity contribution < 1.29 is 30.4 Å². The molecule has 0 spiro atoms. The monoisotopic (exact) mass is 502 g/mol. The van der Waals surface area contributed by atoms with Crippen molar-refractivity contribution in [2.75, 3.05) is 12.8 Å². The van der Waals surface area contributed by atoms with Crippen LogP contribution in [-0.4, -0.2) is 31.0 Å². The fourth-order valence-corrected chi connectivity index (χ4v) is 3.69. The molecule has 1 heterocycles. The minimum absolute atomic E-state index is 0.00276. The van der Waals surface area contributed by atoms with Crippen LogP contribution in [0.2, 0.25) is 0 Å². The van der Waals surface area contributed by atoms with Gasteiger partial charge in [-0.25, -0.2) is 26.6 Å². The summed E-state index contributed by atoms with van der Waals surface area (Å²) in [6, 6.07) is 10.4. The first-order valence-corrected chi connectivity index (χ1v) is 12.1. The van der Waals surface area contributed by atoms with Crippen LogP contribution in [0.25, 0.3) is 5.69 Å². The summed E-state index contributed by atoms with van der Waals surface area (Å²) in [5, 5.41) is 6.62. The van der Waals surface area contributed by atoms with Crippen LogP contribution in [0.1, 0.15) is 35.4 Å². The molecule has 3 rings (SSSR count). The van der Waals surface area contributed by atoms with Gasteiger partial charge in [0.1, 0.15) is 11.6 Å². The molecule has 1 atom stereocenters. The molecule has 34 heavy (non-hydrogen) atoms. The Kier molecular flexibility index (Phi) is 7.74. The third-order valence-corrected chi connectivity index (χ3v) is 5.72. The summed E-state index contributed by atoms with van der Waals surface area (Å²) in [5.74, 6) is -1.38. The second-order valence-corrected chi connectivity index (χ2v) is 9.72. The van der Waals surface area contributed by atoms with Crippen LogP contribution >= 0.6 is 0 Å². The number of hydrogen-bond acceptors (Lipinski definition) is 4. The smallest absolute Gasteiger partial charge is 0.311 e. The highest BCUT2D eigenvalue weighted by Gasteiger charge is 2.35. The van der Waals surface area contributed by atoms with E-state index in [-0.39, 0.29) is 36.0 Å².